The average Bonchev–Trinajstić information content (AvgIpc) is 2.65. The molecule has 8 heteroatoms. The monoisotopic (exact) mass is 353 g/mol. The molecule has 0 aromatic heterocycles. The van der Waals surface area contributed by atoms with Crippen LogP contribution < -0.4 is 15.8 Å². The fraction of sp³-hybridized carbons (Fsp3) is 0.111. The number of aliphatic imine (C=N–C) groups is 1. The number of isocyanates is 1. The lowest BCUT2D eigenvalue weighted by Crippen LogP contribution is -2.36. The van der Waals surface area contributed by atoms with Crippen LogP contribution in [-0.2, 0) is 14.4 Å². The van der Waals surface area contributed by atoms with Crippen molar-refractivity contribution in [1.29, 1.82) is 0 Å². The van der Waals surface area contributed by atoms with E-state index in [1.165, 1.54) is 6.08 Å². The van der Waals surface area contributed by atoms with Crippen molar-refractivity contribution in [1.82, 2.24) is 5.32 Å². The highest BCUT2D eigenvalue weighted by molar-refractivity contribution is 6.09. The van der Waals surface area contributed by atoms with Gasteiger partial charge in [-0.1, -0.05) is 0 Å². The molecule has 0 aliphatic heterocycles. The van der Waals surface area contributed by atoms with Crippen molar-refractivity contribution < 1.29 is 23.9 Å². The molecular formula is C18H15N3O5. The maximum Gasteiger partial charge on any atom is 0.258 e. The number of primary amides is 1. The van der Waals surface area contributed by atoms with Gasteiger partial charge in [-0.3, -0.25) is 14.4 Å². The number of carbonyl (C=O) groups is 3. The maximum absolute atomic E-state index is 12.4. The Labute approximate surface area is 148 Å². The molecule has 0 radical (unpaired) electrons. The first-order valence-electron chi connectivity index (χ1n) is 7.50. The summed E-state index contributed by atoms with van der Waals surface area (Å²) in [7, 11) is 0. The van der Waals surface area contributed by atoms with Crippen LogP contribution in [0.2, 0.25) is 0 Å². The number of hydrogen-bond acceptors (Lipinski definition) is 6. The lowest BCUT2D eigenvalue weighted by atomic mass is 10.0. The van der Waals surface area contributed by atoms with Crippen LogP contribution in [0, 0.1) is 0 Å². The molecule has 2 aromatic carbocycles. The smallest absolute Gasteiger partial charge is 0.258 e. The Kier molecular flexibility index (Phi) is 6.36. The van der Waals surface area contributed by atoms with E-state index in [1.807, 2.05) is 0 Å². The molecule has 0 atom stereocenters. The largest absolute Gasteiger partial charge is 0.484 e. The molecule has 0 heterocycles. The Hall–Kier alpha value is -3.77. The van der Waals surface area contributed by atoms with E-state index in [0.717, 1.165) is 0 Å². The van der Waals surface area contributed by atoms with Gasteiger partial charge in [-0.05, 0) is 48.5 Å². The third-order valence-corrected chi connectivity index (χ3v) is 3.25. The Morgan fingerprint density at radius 3 is 2.12 bits per heavy atom. The molecule has 0 fully saturated rings. The van der Waals surface area contributed by atoms with Crippen molar-refractivity contribution in [3.8, 4) is 5.75 Å². The standard InChI is InChI=1S/C18H15N3O5/c19-16(23)9-20-17(24)10-26-15-7-3-13(4-8-15)18(25)12-1-5-14(6-2-12)21-11-22/h1-8H,9-10H2,(H2,19,23)(H,20,24). The molecule has 0 bridgehead atoms. The minimum Gasteiger partial charge on any atom is -0.484 e. The lowest BCUT2D eigenvalue weighted by Gasteiger charge is -2.07. The molecule has 26 heavy (non-hydrogen) atoms. The van der Waals surface area contributed by atoms with Gasteiger partial charge in [0.2, 0.25) is 12.0 Å². The molecular weight excluding hydrogens is 338 g/mol. The maximum atomic E-state index is 12.4. The highest BCUT2D eigenvalue weighted by Crippen LogP contribution is 2.18. The number of ether oxygens (including phenoxy) is 1. The van der Waals surface area contributed by atoms with Gasteiger partial charge < -0.3 is 15.8 Å². The second-order valence-corrected chi connectivity index (χ2v) is 5.14. The Morgan fingerprint density at radius 1 is 1.00 bits per heavy atom. The number of rotatable bonds is 8. The number of carbonyl (C=O) groups excluding carboxylic acids is 4. The second kappa shape index (κ2) is 8.91. The summed E-state index contributed by atoms with van der Waals surface area (Å²) in [6.45, 7) is -0.536. The van der Waals surface area contributed by atoms with Gasteiger partial charge in [0.25, 0.3) is 5.91 Å². The van der Waals surface area contributed by atoms with Gasteiger partial charge in [-0.25, -0.2) is 4.79 Å². The van der Waals surface area contributed by atoms with Crippen molar-refractivity contribution in [3.63, 3.8) is 0 Å². The highest BCUT2D eigenvalue weighted by Gasteiger charge is 2.10. The number of hydrogen-bond donors (Lipinski definition) is 2. The number of nitrogens with two attached hydrogens (primary N) is 1. The van der Waals surface area contributed by atoms with Gasteiger partial charge in [0.15, 0.2) is 12.4 Å². The minimum atomic E-state index is -0.646. The molecule has 2 rings (SSSR count). The zero-order valence-corrected chi connectivity index (χ0v) is 13.6. The molecule has 0 saturated heterocycles. The summed E-state index contributed by atoms with van der Waals surface area (Å²) in [5.74, 6) is -0.946. The fourth-order valence-electron chi connectivity index (χ4n) is 1.99. The molecule has 0 unspecified atom stereocenters. The number of amides is 2. The molecule has 8 nitrogen and oxygen atoms in total. The third kappa shape index (κ3) is 5.40. The van der Waals surface area contributed by atoms with E-state index in [0.29, 0.717) is 22.6 Å². The average molecular weight is 353 g/mol. The molecule has 132 valence electrons. The summed E-state index contributed by atoms with van der Waals surface area (Å²) in [6, 6.07) is 12.4. The SMILES string of the molecule is NC(=O)CNC(=O)COc1ccc(C(=O)c2ccc(N=C=O)cc2)cc1. The van der Waals surface area contributed by atoms with Crippen molar-refractivity contribution in [2.24, 2.45) is 10.7 Å². The number of ketones is 1. The van der Waals surface area contributed by atoms with Crippen LogP contribution in [0.4, 0.5) is 5.69 Å². The van der Waals surface area contributed by atoms with Gasteiger partial charge in [0, 0.05) is 11.1 Å². The summed E-state index contributed by atoms with van der Waals surface area (Å²) < 4.78 is 5.26. The first-order chi connectivity index (χ1) is 12.5. The number of benzene rings is 2. The molecule has 2 amide bonds. The topological polar surface area (TPSA) is 128 Å². The molecule has 0 saturated carbocycles. The summed E-state index contributed by atoms with van der Waals surface area (Å²) in [6.07, 6.45) is 1.43. The van der Waals surface area contributed by atoms with Gasteiger partial charge in [-0.2, -0.15) is 4.99 Å². The van der Waals surface area contributed by atoms with Crippen LogP contribution in [0.1, 0.15) is 15.9 Å². The fourth-order valence-corrected chi connectivity index (χ4v) is 1.99. The Morgan fingerprint density at radius 2 is 1.58 bits per heavy atom. The van der Waals surface area contributed by atoms with E-state index in [1.54, 1.807) is 48.5 Å². The van der Waals surface area contributed by atoms with E-state index >= 15 is 0 Å². The van der Waals surface area contributed by atoms with E-state index in [2.05, 4.69) is 10.3 Å². The number of nitrogens with zero attached hydrogens (tertiary/aromatic N) is 1. The highest BCUT2D eigenvalue weighted by atomic mass is 16.5. The van der Waals surface area contributed by atoms with Gasteiger partial charge >= 0.3 is 0 Å². The Bertz CT molecular complexity index is 853. The third-order valence-electron chi connectivity index (χ3n) is 3.25. The van der Waals surface area contributed by atoms with Crippen molar-refractivity contribution in [2.75, 3.05) is 13.2 Å². The molecule has 0 aliphatic carbocycles. The molecule has 0 aliphatic rings. The first-order valence-corrected chi connectivity index (χ1v) is 7.50. The van der Waals surface area contributed by atoms with Gasteiger partial charge in [0.1, 0.15) is 5.75 Å². The van der Waals surface area contributed by atoms with Crippen LogP contribution in [0.25, 0.3) is 0 Å². The first kappa shape index (κ1) is 18.6. The van der Waals surface area contributed by atoms with Crippen molar-refractivity contribution in [2.45, 2.75) is 0 Å². The van der Waals surface area contributed by atoms with Gasteiger partial charge in [-0.15, -0.1) is 0 Å². The van der Waals surface area contributed by atoms with E-state index in [9.17, 15) is 19.2 Å². The number of nitrogens with one attached hydrogen (secondary N) is 1. The van der Waals surface area contributed by atoms with Crippen LogP contribution >= 0.6 is 0 Å². The summed E-state index contributed by atoms with van der Waals surface area (Å²) >= 11 is 0. The van der Waals surface area contributed by atoms with E-state index in [4.69, 9.17) is 10.5 Å². The summed E-state index contributed by atoms with van der Waals surface area (Å²) in [4.78, 5) is 48.0. The van der Waals surface area contributed by atoms with E-state index < -0.39 is 11.8 Å². The predicted octanol–water partition coefficient (Wildman–Crippen LogP) is 0.865. The zero-order chi connectivity index (χ0) is 18.9. The van der Waals surface area contributed by atoms with Crippen LogP contribution in [0.3, 0.4) is 0 Å². The van der Waals surface area contributed by atoms with Gasteiger partial charge in [0.05, 0.1) is 12.2 Å². The van der Waals surface area contributed by atoms with E-state index in [-0.39, 0.29) is 18.9 Å². The normalized spacial score (nSPS) is 9.69. The van der Waals surface area contributed by atoms with Crippen LogP contribution in [0.5, 0.6) is 5.75 Å². The molecule has 0 spiro atoms. The summed E-state index contributed by atoms with van der Waals surface area (Å²) in [5, 5.41) is 2.29. The summed E-state index contributed by atoms with van der Waals surface area (Å²) in [5.41, 5.74) is 6.20. The molecule has 3 N–H and O–H groups in total. The molecule has 2 aromatic rings. The lowest BCUT2D eigenvalue weighted by molar-refractivity contribution is -0.126. The predicted molar refractivity (Wildman–Crippen MR) is 91.8 cm³/mol. The van der Waals surface area contributed by atoms with Crippen LogP contribution in [0.15, 0.2) is 53.5 Å². The second-order valence-electron chi connectivity index (χ2n) is 5.14. The minimum absolute atomic E-state index is 0.211. The quantitative estimate of drug-likeness (QED) is 0.413. The Balaban J connectivity index is 1.95. The van der Waals surface area contributed by atoms with Crippen molar-refractivity contribution >= 4 is 29.4 Å². The zero-order valence-electron chi connectivity index (χ0n) is 13.6. The van der Waals surface area contributed by atoms with Crippen molar-refractivity contribution in [3.05, 3.63) is 59.7 Å². The van der Waals surface area contributed by atoms with Crippen LogP contribution in [-0.4, -0.2) is 36.8 Å².